The highest BCUT2D eigenvalue weighted by molar-refractivity contribution is 7.89. The van der Waals surface area contributed by atoms with Crippen LogP contribution in [-0.4, -0.2) is 35.6 Å². The summed E-state index contributed by atoms with van der Waals surface area (Å²) < 4.78 is 26.6. The fraction of sp³-hybridized carbons (Fsp3) is 0.600. The zero-order valence-corrected chi connectivity index (χ0v) is 10.9. The normalized spacial score (nSPS) is 18.6. The lowest BCUT2D eigenvalue weighted by molar-refractivity contribution is 0.185. The van der Waals surface area contributed by atoms with Crippen molar-refractivity contribution in [3.63, 3.8) is 0 Å². The maximum absolute atomic E-state index is 12.1. The molecule has 1 heterocycles. The second-order valence-electron chi connectivity index (χ2n) is 4.69. The van der Waals surface area contributed by atoms with Crippen LogP contribution in [0.4, 0.5) is 0 Å². The summed E-state index contributed by atoms with van der Waals surface area (Å²) in [5, 5.41) is 9.37. The maximum atomic E-state index is 12.1. The summed E-state index contributed by atoms with van der Waals surface area (Å²) in [6.07, 6.45) is 3.51. The van der Waals surface area contributed by atoms with E-state index < -0.39 is 31.7 Å². The molecule has 0 amide bonds. The molecule has 8 nitrogen and oxygen atoms in total. The van der Waals surface area contributed by atoms with Gasteiger partial charge in [0.05, 0.1) is 12.1 Å². The molecular formula is C10H15N3O5S. The lowest BCUT2D eigenvalue weighted by Gasteiger charge is -2.27. The van der Waals surface area contributed by atoms with Crippen LogP contribution in [0, 0.1) is 0 Å². The molecule has 0 atom stereocenters. The van der Waals surface area contributed by atoms with Gasteiger partial charge in [0, 0.05) is 6.20 Å². The number of hydrogen-bond acceptors (Lipinski definition) is 5. The van der Waals surface area contributed by atoms with E-state index in [4.69, 9.17) is 0 Å². The van der Waals surface area contributed by atoms with Gasteiger partial charge in [-0.3, -0.25) is 9.78 Å². The van der Waals surface area contributed by atoms with E-state index in [1.54, 1.807) is 0 Å². The molecule has 1 aliphatic rings. The molecule has 2 rings (SSSR count). The van der Waals surface area contributed by atoms with Gasteiger partial charge < -0.3 is 10.1 Å². The number of aromatic nitrogens is 2. The minimum absolute atomic E-state index is 0.326. The summed E-state index contributed by atoms with van der Waals surface area (Å²) in [5.41, 5.74) is -2.68. The fourth-order valence-electron chi connectivity index (χ4n) is 2.28. The van der Waals surface area contributed by atoms with Crippen LogP contribution in [0.15, 0.2) is 20.7 Å². The molecule has 0 radical (unpaired) electrons. The molecule has 0 saturated heterocycles. The summed E-state index contributed by atoms with van der Waals surface area (Å²) in [6.45, 7) is -0.326. The Morgan fingerprint density at radius 1 is 1.32 bits per heavy atom. The molecule has 1 saturated carbocycles. The lowest BCUT2D eigenvalue weighted by Crippen LogP contribution is -2.50. The van der Waals surface area contributed by atoms with Crippen LogP contribution in [-0.2, 0) is 10.0 Å². The van der Waals surface area contributed by atoms with Gasteiger partial charge in [-0.2, -0.15) is 0 Å². The van der Waals surface area contributed by atoms with Crippen LogP contribution in [0.3, 0.4) is 0 Å². The van der Waals surface area contributed by atoms with Crippen molar-refractivity contribution in [3.05, 3.63) is 27.0 Å². The molecule has 4 N–H and O–H groups in total. The summed E-state index contributed by atoms with van der Waals surface area (Å²) >= 11 is 0. The van der Waals surface area contributed by atoms with Crippen LogP contribution in [0.5, 0.6) is 0 Å². The van der Waals surface area contributed by atoms with Crippen molar-refractivity contribution in [1.29, 1.82) is 0 Å². The first-order chi connectivity index (χ1) is 8.88. The van der Waals surface area contributed by atoms with Gasteiger partial charge in [-0.25, -0.2) is 17.9 Å². The quantitative estimate of drug-likeness (QED) is 0.544. The van der Waals surface area contributed by atoms with Crippen LogP contribution >= 0.6 is 0 Å². The Morgan fingerprint density at radius 3 is 2.47 bits per heavy atom. The molecule has 1 fully saturated rings. The Balaban J connectivity index is 2.37. The van der Waals surface area contributed by atoms with Gasteiger partial charge in [0.2, 0.25) is 10.0 Å². The van der Waals surface area contributed by atoms with E-state index >= 15 is 0 Å². The number of aliphatic hydroxyl groups is 1. The number of aromatic amines is 2. The molecular weight excluding hydrogens is 274 g/mol. The minimum Gasteiger partial charge on any atom is -0.394 e. The SMILES string of the molecule is O=c1[nH]cc(S(=O)(=O)NC2(CO)CCCC2)c(=O)[nH]1. The first kappa shape index (κ1) is 14.0. The van der Waals surface area contributed by atoms with Crippen LogP contribution < -0.4 is 16.0 Å². The third-order valence-electron chi connectivity index (χ3n) is 3.29. The van der Waals surface area contributed by atoms with Crippen molar-refractivity contribution in [2.45, 2.75) is 36.1 Å². The third kappa shape index (κ3) is 2.77. The van der Waals surface area contributed by atoms with Crippen molar-refractivity contribution in [2.75, 3.05) is 6.61 Å². The summed E-state index contributed by atoms with van der Waals surface area (Å²) in [4.78, 5) is 25.8. The summed E-state index contributed by atoms with van der Waals surface area (Å²) in [6, 6.07) is 0. The zero-order valence-electron chi connectivity index (χ0n) is 10.1. The number of nitrogens with one attached hydrogen (secondary N) is 3. The van der Waals surface area contributed by atoms with Crippen LogP contribution in [0.1, 0.15) is 25.7 Å². The van der Waals surface area contributed by atoms with E-state index in [1.165, 1.54) is 0 Å². The van der Waals surface area contributed by atoms with Gasteiger partial charge in [0.1, 0.15) is 0 Å². The molecule has 0 aromatic carbocycles. The van der Waals surface area contributed by atoms with E-state index in [2.05, 4.69) is 9.71 Å². The molecule has 1 aromatic rings. The average Bonchev–Trinajstić information content (AvgIpc) is 2.77. The van der Waals surface area contributed by atoms with Crippen molar-refractivity contribution in [1.82, 2.24) is 14.7 Å². The van der Waals surface area contributed by atoms with Gasteiger partial charge in [-0.15, -0.1) is 0 Å². The Bertz CT molecular complexity index is 669. The molecule has 0 unspecified atom stereocenters. The van der Waals surface area contributed by atoms with Gasteiger partial charge in [-0.05, 0) is 12.8 Å². The summed E-state index contributed by atoms with van der Waals surface area (Å²) in [5.74, 6) is 0. The number of sulfonamides is 1. The molecule has 0 aliphatic heterocycles. The molecule has 1 aliphatic carbocycles. The fourth-order valence-corrected chi connectivity index (χ4v) is 3.74. The second-order valence-corrected chi connectivity index (χ2v) is 6.34. The van der Waals surface area contributed by atoms with Gasteiger partial charge in [0.25, 0.3) is 5.56 Å². The van der Waals surface area contributed by atoms with E-state index in [0.717, 1.165) is 19.0 Å². The van der Waals surface area contributed by atoms with Gasteiger partial charge in [0.15, 0.2) is 4.90 Å². The van der Waals surface area contributed by atoms with E-state index in [1.807, 2.05) is 4.98 Å². The first-order valence-corrected chi connectivity index (χ1v) is 7.34. The molecule has 0 spiro atoms. The Kier molecular flexibility index (Phi) is 3.61. The highest BCUT2D eigenvalue weighted by atomic mass is 32.2. The Hall–Kier alpha value is -1.45. The number of H-pyrrole nitrogens is 2. The van der Waals surface area contributed by atoms with Crippen molar-refractivity contribution < 1.29 is 13.5 Å². The van der Waals surface area contributed by atoms with Crippen molar-refractivity contribution >= 4 is 10.0 Å². The lowest BCUT2D eigenvalue weighted by atomic mass is 10.0. The van der Waals surface area contributed by atoms with Crippen molar-refractivity contribution in [3.8, 4) is 0 Å². The zero-order chi connectivity index (χ0) is 14.1. The Morgan fingerprint density at radius 2 is 1.95 bits per heavy atom. The largest absolute Gasteiger partial charge is 0.394 e. The number of aliphatic hydroxyl groups excluding tert-OH is 1. The highest BCUT2D eigenvalue weighted by Crippen LogP contribution is 2.30. The predicted molar refractivity (Wildman–Crippen MR) is 66.3 cm³/mol. The van der Waals surface area contributed by atoms with Crippen molar-refractivity contribution in [2.24, 2.45) is 0 Å². The monoisotopic (exact) mass is 289 g/mol. The number of rotatable bonds is 4. The highest BCUT2D eigenvalue weighted by Gasteiger charge is 2.38. The van der Waals surface area contributed by atoms with E-state index in [9.17, 15) is 23.1 Å². The third-order valence-corrected chi connectivity index (χ3v) is 4.87. The molecule has 9 heteroatoms. The Labute approximate surface area is 108 Å². The molecule has 19 heavy (non-hydrogen) atoms. The predicted octanol–water partition coefficient (Wildman–Crippen LogP) is -1.35. The summed E-state index contributed by atoms with van der Waals surface area (Å²) in [7, 11) is -4.09. The van der Waals surface area contributed by atoms with Crippen LogP contribution in [0.2, 0.25) is 0 Å². The maximum Gasteiger partial charge on any atom is 0.325 e. The van der Waals surface area contributed by atoms with Gasteiger partial charge >= 0.3 is 5.69 Å². The van der Waals surface area contributed by atoms with Crippen LogP contribution in [0.25, 0.3) is 0 Å². The first-order valence-electron chi connectivity index (χ1n) is 5.85. The van der Waals surface area contributed by atoms with E-state index in [-0.39, 0.29) is 6.61 Å². The van der Waals surface area contributed by atoms with Gasteiger partial charge in [-0.1, -0.05) is 12.8 Å². The molecule has 106 valence electrons. The standard InChI is InChI=1S/C10H15N3O5S/c14-6-10(3-1-2-4-10)13-19(17,18)7-5-11-9(16)12-8(7)15/h5,13-14H,1-4,6H2,(H2,11,12,15,16). The smallest absolute Gasteiger partial charge is 0.325 e. The average molecular weight is 289 g/mol. The topological polar surface area (TPSA) is 132 Å². The van der Waals surface area contributed by atoms with E-state index in [0.29, 0.717) is 12.8 Å². The second kappa shape index (κ2) is 4.91. The minimum atomic E-state index is -4.09. The number of hydrogen-bond donors (Lipinski definition) is 4. The molecule has 0 bridgehead atoms. The molecule has 1 aromatic heterocycles.